The van der Waals surface area contributed by atoms with E-state index in [1.165, 1.54) is 12.1 Å². The highest BCUT2D eigenvalue weighted by Gasteiger charge is 2.37. The Kier molecular flexibility index (Phi) is 5.03. The van der Waals surface area contributed by atoms with Gasteiger partial charge in [-0.05, 0) is 36.4 Å². The Labute approximate surface area is 145 Å². The van der Waals surface area contributed by atoms with Crippen LogP contribution in [0.3, 0.4) is 0 Å². The fourth-order valence-corrected chi connectivity index (χ4v) is 4.21. The lowest BCUT2D eigenvalue weighted by atomic mass is 10.2. The summed E-state index contributed by atoms with van der Waals surface area (Å²) in [5.41, 5.74) is 0. The van der Waals surface area contributed by atoms with Crippen LogP contribution in [0.15, 0.2) is 59.5 Å². The molecular weight excluding hydrogens is 344 g/mol. The number of nitrogens with one attached hydrogen (secondary N) is 1. The minimum atomic E-state index is -3.89. The van der Waals surface area contributed by atoms with Gasteiger partial charge >= 0.3 is 5.97 Å². The summed E-state index contributed by atoms with van der Waals surface area (Å²) < 4.78 is 32.2. The molecule has 0 bridgehead atoms. The number of para-hydroxylation sites is 1. The number of carboxylic acid groups (broad SMARTS) is 1. The molecule has 0 spiro atoms. The normalized spacial score (nSPS) is 18.6. The highest BCUT2D eigenvalue weighted by Crippen LogP contribution is 2.25. The van der Waals surface area contributed by atoms with E-state index in [4.69, 9.17) is 4.74 Å². The largest absolute Gasteiger partial charge is 0.480 e. The van der Waals surface area contributed by atoms with E-state index in [0.29, 0.717) is 18.0 Å². The first kappa shape index (κ1) is 17.4. The topological polar surface area (TPSA) is 95.9 Å². The van der Waals surface area contributed by atoms with Crippen LogP contribution in [0.25, 0.3) is 0 Å². The molecule has 1 heterocycles. The quantitative estimate of drug-likeness (QED) is 0.837. The maximum atomic E-state index is 12.8. The number of carboxylic acids is 1. The van der Waals surface area contributed by atoms with E-state index < -0.39 is 22.0 Å². The molecule has 0 amide bonds. The Hall–Kier alpha value is -2.42. The van der Waals surface area contributed by atoms with Crippen LogP contribution in [0.5, 0.6) is 11.5 Å². The number of sulfonamides is 1. The first-order valence-electron chi connectivity index (χ1n) is 7.77. The first-order valence-corrected chi connectivity index (χ1v) is 9.21. The number of nitrogens with zero attached hydrogens (tertiary/aromatic N) is 1. The standard InChI is InChI=1S/C17H18N2O5S/c20-17(21)16-12-18-10-11-19(16)25(22,23)15-8-6-14(7-9-15)24-13-4-2-1-3-5-13/h1-9,16,18H,10-12H2,(H,20,21). The predicted octanol–water partition coefficient (Wildman–Crippen LogP) is 1.53. The smallest absolute Gasteiger partial charge is 0.323 e. The number of carbonyl (C=O) groups is 1. The number of rotatable bonds is 5. The zero-order chi connectivity index (χ0) is 17.9. The van der Waals surface area contributed by atoms with Gasteiger partial charge in [-0.1, -0.05) is 18.2 Å². The lowest BCUT2D eigenvalue weighted by Gasteiger charge is -2.32. The monoisotopic (exact) mass is 362 g/mol. The van der Waals surface area contributed by atoms with Crippen molar-refractivity contribution in [2.24, 2.45) is 0 Å². The summed E-state index contributed by atoms with van der Waals surface area (Å²) in [6.45, 7) is 0.615. The molecule has 1 atom stereocenters. The molecule has 1 aliphatic heterocycles. The van der Waals surface area contributed by atoms with E-state index in [0.717, 1.165) is 4.31 Å². The highest BCUT2D eigenvalue weighted by molar-refractivity contribution is 7.89. The molecule has 3 rings (SSSR count). The van der Waals surface area contributed by atoms with Gasteiger partial charge in [0.25, 0.3) is 0 Å². The molecule has 0 aliphatic carbocycles. The molecule has 1 unspecified atom stereocenters. The fraction of sp³-hybridized carbons (Fsp3) is 0.235. The van der Waals surface area contributed by atoms with Crippen LogP contribution in [0.4, 0.5) is 0 Å². The van der Waals surface area contributed by atoms with Crippen molar-refractivity contribution in [2.45, 2.75) is 10.9 Å². The summed E-state index contributed by atoms with van der Waals surface area (Å²) in [4.78, 5) is 11.4. The van der Waals surface area contributed by atoms with Crippen molar-refractivity contribution >= 4 is 16.0 Å². The molecule has 0 saturated carbocycles. The number of benzene rings is 2. The van der Waals surface area contributed by atoms with Gasteiger partial charge in [0.2, 0.25) is 10.0 Å². The number of aliphatic carboxylic acids is 1. The van der Waals surface area contributed by atoms with E-state index in [1.54, 1.807) is 24.3 Å². The lowest BCUT2D eigenvalue weighted by molar-refractivity contribution is -0.141. The third-order valence-electron chi connectivity index (χ3n) is 3.89. The van der Waals surface area contributed by atoms with Crippen LogP contribution in [0.1, 0.15) is 0 Å². The number of ether oxygens (including phenoxy) is 1. The molecule has 8 heteroatoms. The molecule has 0 radical (unpaired) electrons. The Morgan fingerprint density at radius 3 is 2.36 bits per heavy atom. The molecule has 2 aromatic carbocycles. The van der Waals surface area contributed by atoms with Crippen molar-refractivity contribution in [3.05, 3.63) is 54.6 Å². The summed E-state index contributed by atoms with van der Waals surface area (Å²) in [5, 5.41) is 12.2. The molecule has 25 heavy (non-hydrogen) atoms. The average Bonchev–Trinajstić information content (AvgIpc) is 2.63. The lowest BCUT2D eigenvalue weighted by Crippen LogP contribution is -2.56. The highest BCUT2D eigenvalue weighted by atomic mass is 32.2. The van der Waals surface area contributed by atoms with Gasteiger partial charge in [-0.15, -0.1) is 0 Å². The number of piperazine rings is 1. The number of hydrogen-bond donors (Lipinski definition) is 2. The number of hydrogen-bond acceptors (Lipinski definition) is 5. The van der Waals surface area contributed by atoms with E-state index in [2.05, 4.69) is 5.32 Å². The van der Waals surface area contributed by atoms with E-state index in [1.807, 2.05) is 18.2 Å². The van der Waals surface area contributed by atoms with Gasteiger partial charge in [0, 0.05) is 19.6 Å². The van der Waals surface area contributed by atoms with Gasteiger partial charge in [-0.2, -0.15) is 4.31 Å². The Bertz CT molecular complexity index is 837. The molecule has 7 nitrogen and oxygen atoms in total. The third-order valence-corrected chi connectivity index (χ3v) is 5.81. The second-order valence-electron chi connectivity index (χ2n) is 5.56. The maximum Gasteiger partial charge on any atom is 0.323 e. The van der Waals surface area contributed by atoms with Crippen molar-refractivity contribution in [3.63, 3.8) is 0 Å². The molecule has 132 valence electrons. The summed E-state index contributed by atoms with van der Waals surface area (Å²) in [7, 11) is -3.89. The van der Waals surface area contributed by atoms with E-state index >= 15 is 0 Å². The Balaban J connectivity index is 1.81. The molecule has 1 saturated heterocycles. The minimum Gasteiger partial charge on any atom is -0.480 e. The Morgan fingerprint density at radius 1 is 1.08 bits per heavy atom. The molecule has 2 aromatic rings. The third kappa shape index (κ3) is 3.81. The molecule has 2 N–H and O–H groups in total. The van der Waals surface area contributed by atoms with Gasteiger partial charge < -0.3 is 15.2 Å². The van der Waals surface area contributed by atoms with Crippen LogP contribution in [-0.4, -0.2) is 49.5 Å². The second kappa shape index (κ2) is 7.22. The van der Waals surface area contributed by atoms with Crippen LogP contribution in [0, 0.1) is 0 Å². The van der Waals surface area contributed by atoms with Crippen LogP contribution in [0.2, 0.25) is 0 Å². The van der Waals surface area contributed by atoms with E-state index in [-0.39, 0.29) is 18.0 Å². The minimum absolute atomic E-state index is 0.0426. The molecule has 1 fully saturated rings. The van der Waals surface area contributed by atoms with Crippen molar-refractivity contribution < 1.29 is 23.1 Å². The molecular formula is C17H18N2O5S. The van der Waals surface area contributed by atoms with Crippen molar-refractivity contribution in [1.29, 1.82) is 0 Å². The van der Waals surface area contributed by atoms with Gasteiger partial charge in [-0.25, -0.2) is 8.42 Å². The predicted molar refractivity (Wildman–Crippen MR) is 91.1 cm³/mol. The average molecular weight is 362 g/mol. The van der Waals surface area contributed by atoms with E-state index in [9.17, 15) is 18.3 Å². The van der Waals surface area contributed by atoms with Crippen LogP contribution in [-0.2, 0) is 14.8 Å². The first-order chi connectivity index (χ1) is 12.0. The fourth-order valence-electron chi connectivity index (χ4n) is 2.62. The zero-order valence-corrected chi connectivity index (χ0v) is 14.1. The summed E-state index contributed by atoms with van der Waals surface area (Å²) in [5.74, 6) is -0.0220. The molecule has 1 aliphatic rings. The van der Waals surface area contributed by atoms with Gasteiger partial charge in [-0.3, -0.25) is 4.79 Å². The van der Waals surface area contributed by atoms with Gasteiger partial charge in [0.05, 0.1) is 4.90 Å². The SMILES string of the molecule is O=C(O)C1CNCCN1S(=O)(=O)c1ccc(Oc2ccccc2)cc1. The van der Waals surface area contributed by atoms with Crippen molar-refractivity contribution in [1.82, 2.24) is 9.62 Å². The molecule has 0 aromatic heterocycles. The maximum absolute atomic E-state index is 12.8. The Morgan fingerprint density at radius 2 is 1.72 bits per heavy atom. The zero-order valence-electron chi connectivity index (χ0n) is 13.3. The summed E-state index contributed by atoms with van der Waals surface area (Å²) >= 11 is 0. The summed E-state index contributed by atoms with van der Waals surface area (Å²) in [6, 6.07) is 14.0. The summed E-state index contributed by atoms with van der Waals surface area (Å²) in [6.07, 6.45) is 0. The van der Waals surface area contributed by atoms with Gasteiger partial charge in [0.1, 0.15) is 17.5 Å². The van der Waals surface area contributed by atoms with Crippen molar-refractivity contribution in [2.75, 3.05) is 19.6 Å². The van der Waals surface area contributed by atoms with Crippen LogP contribution >= 0.6 is 0 Å². The van der Waals surface area contributed by atoms with Gasteiger partial charge in [0.15, 0.2) is 0 Å². The van der Waals surface area contributed by atoms with Crippen molar-refractivity contribution in [3.8, 4) is 11.5 Å². The second-order valence-corrected chi connectivity index (χ2v) is 7.45. The van der Waals surface area contributed by atoms with Crippen LogP contribution < -0.4 is 10.1 Å².